The summed E-state index contributed by atoms with van der Waals surface area (Å²) in [7, 11) is 0. The number of para-hydroxylation sites is 1. The number of carboxylic acids is 1. The topological polar surface area (TPSA) is 54.6 Å². The van der Waals surface area contributed by atoms with Crippen molar-refractivity contribution in [3.8, 4) is 0 Å². The van der Waals surface area contributed by atoms with Gasteiger partial charge in [-0.05, 0) is 18.2 Å². The Balaban J connectivity index is 2.44. The molecule has 1 aromatic carbocycles. The Morgan fingerprint density at radius 2 is 2.18 bits per heavy atom. The van der Waals surface area contributed by atoms with Crippen LogP contribution in [0.15, 0.2) is 36.7 Å². The molecule has 0 spiro atoms. The Labute approximate surface area is 101 Å². The summed E-state index contributed by atoms with van der Waals surface area (Å²) in [6.07, 6.45) is 1.48. The number of halogens is 1. The fourth-order valence-electron chi connectivity index (χ4n) is 1.91. The molecule has 0 saturated carbocycles. The minimum atomic E-state index is -1.04. The van der Waals surface area contributed by atoms with Gasteiger partial charge in [0.25, 0.3) is 0 Å². The quantitative estimate of drug-likeness (QED) is 0.718. The number of rotatable bonds is 1. The minimum absolute atomic E-state index is 0.0245. The van der Waals surface area contributed by atoms with Crippen molar-refractivity contribution < 1.29 is 9.90 Å². The van der Waals surface area contributed by atoms with Gasteiger partial charge in [-0.15, -0.1) is 0 Å². The molecule has 0 radical (unpaired) electrons. The summed E-state index contributed by atoms with van der Waals surface area (Å²) in [6.45, 7) is 0. The van der Waals surface area contributed by atoms with E-state index in [1.54, 1.807) is 10.5 Å². The molecule has 0 bridgehead atoms. The third-order valence-corrected chi connectivity index (χ3v) is 2.96. The second-order valence-electron chi connectivity index (χ2n) is 3.70. The van der Waals surface area contributed by atoms with Crippen LogP contribution in [0.1, 0.15) is 10.5 Å². The Morgan fingerprint density at radius 1 is 1.35 bits per heavy atom. The molecule has 0 aliphatic rings. The van der Waals surface area contributed by atoms with E-state index in [1.165, 1.54) is 12.4 Å². The second-order valence-corrected chi connectivity index (χ2v) is 4.10. The first-order valence-electron chi connectivity index (χ1n) is 4.95. The van der Waals surface area contributed by atoms with Crippen molar-refractivity contribution in [2.45, 2.75) is 0 Å². The fraction of sp³-hybridized carbons (Fsp3) is 0. The molecular formula is C12H7ClN2O2. The van der Waals surface area contributed by atoms with Gasteiger partial charge in [0.2, 0.25) is 0 Å². The van der Waals surface area contributed by atoms with Gasteiger partial charge in [0.15, 0.2) is 5.69 Å². The second kappa shape index (κ2) is 3.46. The van der Waals surface area contributed by atoms with Gasteiger partial charge in [-0.25, -0.2) is 9.78 Å². The van der Waals surface area contributed by atoms with Crippen LogP contribution in [0.3, 0.4) is 0 Å². The predicted octanol–water partition coefficient (Wildman–Crippen LogP) is 2.84. The van der Waals surface area contributed by atoms with Crippen LogP contribution in [-0.2, 0) is 0 Å². The van der Waals surface area contributed by atoms with Crippen molar-refractivity contribution in [2.75, 3.05) is 0 Å². The summed E-state index contributed by atoms with van der Waals surface area (Å²) in [5.74, 6) is -1.04. The van der Waals surface area contributed by atoms with Crippen LogP contribution in [0.4, 0.5) is 0 Å². The fourth-order valence-corrected chi connectivity index (χ4v) is 2.18. The van der Waals surface area contributed by atoms with E-state index >= 15 is 0 Å². The highest BCUT2D eigenvalue weighted by Crippen LogP contribution is 2.26. The van der Waals surface area contributed by atoms with Crippen molar-refractivity contribution in [1.82, 2.24) is 9.38 Å². The van der Waals surface area contributed by atoms with E-state index < -0.39 is 5.97 Å². The summed E-state index contributed by atoms with van der Waals surface area (Å²) in [5, 5.41) is 10.5. The van der Waals surface area contributed by atoms with Crippen molar-refractivity contribution in [3.63, 3.8) is 0 Å². The molecule has 3 rings (SSSR count). The lowest BCUT2D eigenvalue weighted by molar-refractivity contribution is 0.0690. The first-order valence-corrected chi connectivity index (χ1v) is 5.33. The number of carboxylic acid groups (broad SMARTS) is 1. The number of carbonyl (C=O) groups is 1. The van der Waals surface area contributed by atoms with E-state index in [0.717, 1.165) is 16.4 Å². The molecule has 5 heteroatoms. The van der Waals surface area contributed by atoms with Gasteiger partial charge in [0, 0.05) is 5.39 Å². The first-order chi connectivity index (χ1) is 8.16. The Bertz CT molecular complexity index is 749. The lowest BCUT2D eigenvalue weighted by Crippen LogP contribution is -2.01. The van der Waals surface area contributed by atoms with E-state index in [0.29, 0.717) is 5.02 Å². The number of aromatic carboxylic acids is 1. The highest BCUT2D eigenvalue weighted by atomic mass is 35.5. The molecule has 0 amide bonds. The van der Waals surface area contributed by atoms with Gasteiger partial charge in [-0.2, -0.15) is 0 Å². The lowest BCUT2D eigenvalue weighted by atomic mass is 10.2. The molecule has 2 heterocycles. The van der Waals surface area contributed by atoms with E-state index in [4.69, 9.17) is 16.7 Å². The predicted molar refractivity (Wildman–Crippen MR) is 64.7 cm³/mol. The van der Waals surface area contributed by atoms with E-state index in [-0.39, 0.29) is 5.69 Å². The van der Waals surface area contributed by atoms with E-state index in [1.807, 2.05) is 18.2 Å². The van der Waals surface area contributed by atoms with E-state index in [9.17, 15) is 4.79 Å². The van der Waals surface area contributed by atoms with Crippen molar-refractivity contribution in [2.24, 2.45) is 0 Å². The number of benzene rings is 1. The van der Waals surface area contributed by atoms with Crippen LogP contribution in [0.2, 0.25) is 5.02 Å². The van der Waals surface area contributed by atoms with Gasteiger partial charge in [-0.3, -0.25) is 4.40 Å². The van der Waals surface area contributed by atoms with Gasteiger partial charge in [0.05, 0.1) is 16.1 Å². The Morgan fingerprint density at radius 3 is 2.94 bits per heavy atom. The molecule has 4 nitrogen and oxygen atoms in total. The Hall–Kier alpha value is -2.07. The number of hydrogen-bond acceptors (Lipinski definition) is 2. The molecule has 0 fully saturated rings. The molecule has 0 atom stereocenters. The largest absolute Gasteiger partial charge is 0.477 e. The highest BCUT2D eigenvalue weighted by molar-refractivity contribution is 6.35. The normalized spacial score (nSPS) is 11.1. The number of nitrogens with zero attached hydrogens (tertiary/aromatic N) is 2. The first kappa shape index (κ1) is 10.1. The van der Waals surface area contributed by atoms with Crippen LogP contribution in [-0.4, -0.2) is 20.5 Å². The molecule has 84 valence electrons. The number of fused-ring (bicyclic) bond motifs is 3. The molecule has 2 aromatic heterocycles. The molecule has 0 saturated heterocycles. The molecule has 3 aromatic rings. The molecular weight excluding hydrogens is 240 g/mol. The number of hydrogen-bond donors (Lipinski definition) is 1. The van der Waals surface area contributed by atoms with Crippen molar-refractivity contribution in [3.05, 3.63) is 47.4 Å². The Kier molecular flexibility index (Phi) is 2.06. The third kappa shape index (κ3) is 1.45. The SMILES string of the molecule is O=C(O)c1cc2cc3cccc(Cl)c3n2cn1. The minimum Gasteiger partial charge on any atom is -0.477 e. The maximum atomic E-state index is 10.8. The monoisotopic (exact) mass is 246 g/mol. The number of aromatic nitrogens is 2. The van der Waals surface area contributed by atoms with Crippen molar-refractivity contribution >= 4 is 34.0 Å². The summed E-state index contributed by atoms with van der Waals surface area (Å²) in [5.41, 5.74) is 1.63. The average Bonchev–Trinajstić information content (AvgIpc) is 2.67. The van der Waals surface area contributed by atoms with Crippen LogP contribution in [0.5, 0.6) is 0 Å². The van der Waals surface area contributed by atoms with Crippen LogP contribution in [0, 0.1) is 0 Å². The van der Waals surface area contributed by atoms with Gasteiger partial charge < -0.3 is 5.11 Å². The molecule has 0 unspecified atom stereocenters. The highest BCUT2D eigenvalue weighted by Gasteiger charge is 2.09. The van der Waals surface area contributed by atoms with E-state index in [2.05, 4.69) is 4.98 Å². The lowest BCUT2D eigenvalue weighted by Gasteiger charge is -1.99. The third-order valence-electron chi connectivity index (χ3n) is 2.66. The smallest absolute Gasteiger partial charge is 0.354 e. The molecule has 17 heavy (non-hydrogen) atoms. The molecule has 0 aliphatic carbocycles. The summed E-state index contributed by atoms with van der Waals surface area (Å²) in [4.78, 5) is 14.7. The standard InChI is InChI=1S/C12H7ClN2O2/c13-9-3-1-2-7-4-8-5-10(12(16)17)14-6-15(8)11(7)9/h1-6H,(H,16,17). The molecule has 1 N–H and O–H groups in total. The zero-order valence-corrected chi connectivity index (χ0v) is 9.35. The zero-order chi connectivity index (χ0) is 12.0. The van der Waals surface area contributed by atoms with Gasteiger partial charge in [0.1, 0.15) is 6.33 Å². The van der Waals surface area contributed by atoms with Crippen LogP contribution < -0.4 is 0 Å². The van der Waals surface area contributed by atoms with Gasteiger partial charge in [-0.1, -0.05) is 23.7 Å². The zero-order valence-electron chi connectivity index (χ0n) is 8.59. The molecule has 0 aliphatic heterocycles. The average molecular weight is 247 g/mol. The maximum absolute atomic E-state index is 10.8. The van der Waals surface area contributed by atoms with Crippen LogP contribution >= 0.6 is 11.6 Å². The maximum Gasteiger partial charge on any atom is 0.354 e. The van der Waals surface area contributed by atoms with Crippen molar-refractivity contribution in [1.29, 1.82) is 0 Å². The summed E-state index contributed by atoms with van der Waals surface area (Å²) >= 11 is 6.11. The summed E-state index contributed by atoms with van der Waals surface area (Å²) < 4.78 is 1.78. The van der Waals surface area contributed by atoms with Gasteiger partial charge >= 0.3 is 5.97 Å². The van der Waals surface area contributed by atoms with Crippen LogP contribution in [0.25, 0.3) is 16.4 Å². The summed E-state index contributed by atoms with van der Waals surface area (Å²) in [6, 6.07) is 8.99.